The number of nitrogens with zero attached hydrogens (tertiary/aromatic N) is 1. The molecule has 0 bridgehead atoms. The minimum Gasteiger partial charge on any atom is -0.354 e. The molecule has 0 atom stereocenters. The summed E-state index contributed by atoms with van der Waals surface area (Å²) in [5.41, 5.74) is 4.05. The second-order valence-corrected chi connectivity index (χ2v) is 9.70. The van der Waals surface area contributed by atoms with Crippen molar-refractivity contribution in [3.05, 3.63) is 94.8 Å². The van der Waals surface area contributed by atoms with E-state index in [4.69, 9.17) is 0 Å². The average molecular weight is 455 g/mol. The fourth-order valence-electron chi connectivity index (χ4n) is 3.41. The highest BCUT2D eigenvalue weighted by molar-refractivity contribution is 7.92. The Morgan fingerprint density at radius 2 is 1.53 bits per heavy atom. The smallest absolute Gasteiger partial charge is 0.264 e. The third-order valence-corrected chi connectivity index (χ3v) is 6.94. The van der Waals surface area contributed by atoms with Crippen LogP contribution in [0.3, 0.4) is 0 Å². The monoisotopic (exact) mass is 454 g/mol. The summed E-state index contributed by atoms with van der Waals surface area (Å²) in [7, 11) is -3.95. The van der Waals surface area contributed by atoms with Gasteiger partial charge < -0.3 is 5.32 Å². The standard InChI is InChI=1S/C25H27FN2O3S/c1-18-4-11-23(12-5-18)32(30,31)28(24-13-6-19(2)16-20(24)3)17-25(29)27-15-14-21-7-9-22(26)10-8-21/h4-13,16H,14-15,17H2,1-3H3,(H,27,29). The van der Waals surface area contributed by atoms with E-state index in [9.17, 15) is 17.6 Å². The first-order chi connectivity index (χ1) is 15.2. The molecule has 0 fully saturated rings. The fraction of sp³-hybridized carbons (Fsp3) is 0.240. The molecule has 0 unspecified atom stereocenters. The Hall–Kier alpha value is -3.19. The number of hydrogen-bond donors (Lipinski definition) is 1. The summed E-state index contributed by atoms with van der Waals surface area (Å²) in [5.74, 6) is -0.731. The lowest BCUT2D eigenvalue weighted by Crippen LogP contribution is -2.41. The molecule has 0 aliphatic heterocycles. The van der Waals surface area contributed by atoms with Crippen LogP contribution in [0.5, 0.6) is 0 Å². The quantitative estimate of drug-likeness (QED) is 0.552. The molecule has 3 aromatic rings. The summed E-state index contributed by atoms with van der Waals surface area (Å²) in [6.07, 6.45) is 0.514. The molecule has 0 aliphatic carbocycles. The van der Waals surface area contributed by atoms with E-state index < -0.39 is 15.9 Å². The maximum absolute atomic E-state index is 13.5. The summed E-state index contributed by atoms with van der Waals surface area (Å²) in [5, 5.41) is 2.77. The molecule has 3 rings (SSSR count). The van der Waals surface area contributed by atoms with Gasteiger partial charge in [-0.15, -0.1) is 0 Å². The molecule has 168 valence electrons. The number of carbonyl (C=O) groups excluding carboxylic acids is 1. The fourth-order valence-corrected chi connectivity index (χ4v) is 4.89. The zero-order valence-corrected chi connectivity index (χ0v) is 19.2. The Labute approximate surface area is 188 Å². The third kappa shape index (κ3) is 5.73. The molecule has 0 spiro atoms. The molecular weight excluding hydrogens is 427 g/mol. The number of amides is 1. The largest absolute Gasteiger partial charge is 0.354 e. The van der Waals surface area contributed by atoms with Gasteiger partial charge in [-0.2, -0.15) is 0 Å². The van der Waals surface area contributed by atoms with Crippen LogP contribution in [0.25, 0.3) is 0 Å². The third-order valence-electron chi connectivity index (χ3n) is 5.17. The second-order valence-electron chi connectivity index (χ2n) is 7.84. The van der Waals surface area contributed by atoms with Crippen LogP contribution in [0.1, 0.15) is 22.3 Å². The van der Waals surface area contributed by atoms with Gasteiger partial charge in [0.2, 0.25) is 5.91 Å². The zero-order valence-electron chi connectivity index (χ0n) is 18.4. The van der Waals surface area contributed by atoms with Gasteiger partial charge in [0.1, 0.15) is 12.4 Å². The van der Waals surface area contributed by atoms with E-state index in [2.05, 4.69) is 5.32 Å². The van der Waals surface area contributed by atoms with Gasteiger partial charge in [-0.05, 0) is 68.7 Å². The number of rotatable bonds is 8. The highest BCUT2D eigenvalue weighted by Crippen LogP contribution is 2.27. The highest BCUT2D eigenvalue weighted by atomic mass is 32.2. The van der Waals surface area contributed by atoms with Crippen molar-refractivity contribution in [3.63, 3.8) is 0 Å². The molecule has 1 N–H and O–H groups in total. The van der Waals surface area contributed by atoms with Crippen molar-refractivity contribution >= 4 is 21.6 Å². The van der Waals surface area contributed by atoms with E-state index in [-0.39, 0.29) is 17.3 Å². The minimum absolute atomic E-state index is 0.127. The predicted octanol–water partition coefficient (Wildman–Crippen LogP) is 4.31. The predicted molar refractivity (Wildman–Crippen MR) is 125 cm³/mol. The van der Waals surface area contributed by atoms with Gasteiger partial charge in [0.05, 0.1) is 10.6 Å². The van der Waals surface area contributed by atoms with E-state index in [0.29, 0.717) is 18.7 Å². The molecule has 1 amide bonds. The Balaban J connectivity index is 1.81. The number of anilines is 1. The maximum Gasteiger partial charge on any atom is 0.264 e. The summed E-state index contributed by atoms with van der Waals surface area (Å²) < 4.78 is 41.1. The molecule has 0 radical (unpaired) electrons. The van der Waals surface area contributed by atoms with Crippen molar-refractivity contribution in [2.24, 2.45) is 0 Å². The Morgan fingerprint density at radius 1 is 0.906 bits per heavy atom. The normalized spacial score (nSPS) is 11.2. The van der Waals surface area contributed by atoms with Gasteiger partial charge in [0.25, 0.3) is 10.0 Å². The SMILES string of the molecule is Cc1ccc(S(=O)(=O)N(CC(=O)NCCc2ccc(F)cc2)c2ccc(C)cc2C)cc1. The summed E-state index contributed by atoms with van der Waals surface area (Å²) in [6.45, 7) is 5.61. The van der Waals surface area contributed by atoms with Crippen molar-refractivity contribution in [2.75, 3.05) is 17.4 Å². The van der Waals surface area contributed by atoms with Crippen molar-refractivity contribution in [1.82, 2.24) is 5.32 Å². The van der Waals surface area contributed by atoms with Crippen LogP contribution < -0.4 is 9.62 Å². The van der Waals surface area contributed by atoms with Crippen LogP contribution in [-0.4, -0.2) is 27.4 Å². The van der Waals surface area contributed by atoms with Gasteiger partial charge in [-0.3, -0.25) is 9.10 Å². The van der Waals surface area contributed by atoms with Crippen LogP contribution in [0.15, 0.2) is 71.6 Å². The van der Waals surface area contributed by atoms with E-state index in [0.717, 1.165) is 26.6 Å². The molecule has 0 aliphatic rings. The number of benzene rings is 3. The number of carbonyl (C=O) groups is 1. The average Bonchev–Trinajstić information content (AvgIpc) is 2.74. The van der Waals surface area contributed by atoms with Crippen LogP contribution >= 0.6 is 0 Å². The number of aryl methyl sites for hydroxylation is 3. The summed E-state index contributed by atoms with van der Waals surface area (Å²) in [6, 6.07) is 18.1. The van der Waals surface area contributed by atoms with Crippen LogP contribution in [0.2, 0.25) is 0 Å². The van der Waals surface area contributed by atoms with Gasteiger partial charge in [-0.1, -0.05) is 47.5 Å². The first kappa shape index (κ1) is 23.5. The van der Waals surface area contributed by atoms with E-state index in [1.54, 1.807) is 42.5 Å². The molecular formula is C25H27FN2O3S. The van der Waals surface area contributed by atoms with Crippen molar-refractivity contribution in [3.8, 4) is 0 Å². The first-order valence-electron chi connectivity index (χ1n) is 10.3. The number of halogens is 1. The molecule has 3 aromatic carbocycles. The molecule has 0 aromatic heterocycles. The molecule has 0 saturated carbocycles. The van der Waals surface area contributed by atoms with E-state index >= 15 is 0 Å². The number of hydrogen-bond acceptors (Lipinski definition) is 3. The van der Waals surface area contributed by atoms with Gasteiger partial charge in [-0.25, -0.2) is 12.8 Å². The second kappa shape index (κ2) is 9.96. The summed E-state index contributed by atoms with van der Waals surface area (Å²) in [4.78, 5) is 12.8. The van der Waals surface area contributed by atoms with Crippen LogP contribution in [-0.2, 0) is 21.2 Å². The molecule has 32 heavy (non-hydrogen) atoms. The van der Waals surface area contributed by atoms with E-state index in [1.807, 2.05) is 32.9 Å². The molecule has 7 heteroatoms. The molecule has 0 saturated heterocycles. The van der Waals surface area contributed by atoms with Crippen molar-refractivity contribution in [1.29, 1.82) is 0 Å². The lowest BCUT2D eigenvalue weighted by Gasteiger charge is -2.26. The zero-order chi connectivity index (χ0) is 23.3. The van der Waals surface area contributed by atoms with E-state index in [1.165, 1.54) is 12.1 Å². The number of sulfonamides is 1. The van der Waals surface area contributed by atoms with Crippen LogP contribution in [0.4, 0.5) is 10.1 Å². The topological polar surface area (TPSA) is 66.5 Å². The lowest BCUT2D eigenvalue weighted by atomic mass is 10.1. The maximum atomic E-state index is 13.5. The Bertz CT molecular complexity index is 1190. The van der Waals surface area contributed by atoms with Crippen molar-refractivity contribution < 1.29 is 17.6 Å². The highest BCUT2D eigenvalue weighted by Gasteiger charge is 2.28. The lowest BCUT2D eigenvalue weighted by molar-refractivity contribution is -0.119. The number of nitrogens with one attached hydrogen (secondary N) is 1. The van der Waals surface area contributed by atoms with Crippen molar-refractivity contribution in [2.45, 2.75) is 32.1 Å². The van der Waals surface area contributed by atoms with Crippen LogP contribution in [0, 0.1) is 26.6 Å². The van der Waals surface area contributed by atoms with Gasteiger partial charge in [0, 0.05) is 6.54 Å². The van der Waals surface area contributed by atoms with Gasteiger partial charge in [0.15, 0.2) is 0 Å². The summed E-state index contributed by atoms with van der Waals surface area (Å²) >= 11 is 0. The Kier molecular flexibility index (Phi) is 7.30. The minimum atomic E-state index is -3.95. The molecule has 5 nitrogen and oxygen atoms in total. The molecule has 0 heterocycles. The van der Waals surface area contributed by atoms with Gasteiger partial charge >= 0.3 is 0 Å². The Morgan fingerprint density at radius 3 is 2.16 bits per heavy atom. The first-order valence-corrected chi connectivity index (χ1v) is 11.8.